The lowest BCUT2D eigenvalue weighted by atomic mass is 10.0. The minimum Gasteiger partial charge on any atom is -0.380 e. The Hall–Kier alpha value is -0.540. The molecule has 0 aliphatic heterocycles. The first-order valence-corrected chi connectivity index (χ1v) is 6.06. The van der Waals surface area contributed by atoms with Crippen LogP contribution >= 0.6 is 15.9 Å². The Morgan fingerprint density at radius 1 is 1.40 bits per heavy atom. The van der Waals surface area contributed by atoms with E-state index in [0.29, 0.717) is 18.5 Å². The van der Waals surface area contributed by atoms with Crippen LogP contribution in [0.1, 0.15) is 19.4 Å². The molecule has 0 aromatic heterocycles. The van der Waals surface area contributed by atoms with Crippen LogP contribution in [0.15, 0.2) is 22.7 Å². The maximum Gasteiger partial charge on any atom is 0.0487 e. The first kappa shape index (κ1) is 12.5. The van der Waals surface area contributed by atoms with Gasteiger partial charge in [-0.25, -0.2) is 0 Å². The number of nitrogens with two attached hydrogens (primary N) is 1. The fraction of sp³-hybridized carbons (Fsp3) is 0.500. The summed E-state index contributed by atoms with van der Waals surface area (Å²) >= 11 is 3.55. The van der Waals surface area contributed by atoms with Crippen LogP contribution in [0.3, 0.4) is 0 Å². The molecule has 0 aliphatic rings. The van der Waals surface area contributed by atoms with E-state index < -0.39 is 0 Å². The lowest BCUT2D eigenvalue weighted by Crippen LogP contribution is -2.33. The van der Waals surface area contributed by atoms with Crippen molar-refractivity contribution >= 4 is 21.6 Å². The zero-order chi connectivity index (χ0) is 11.4. The number of hydrogen-bond donors (Lipinski definition) is 2. The Balaban J connectivity index is 2.79. The van der Waals surface area contributed by atoms with Crippen LogP contribution in [0, 0.1) is 12.8 Å². The molecule has 0 radical (unpaired) electrons. The predicted molar refractivity (Wildman–Crippen MR) is 70.2 cm³/mol. The third-order valence-electron chi connectivity index (χ3n) is 2.52. The van der Waals surface area contributed by atoms with Crippen molar-refractivity contribution in [2.45, 2.75) is 26.8 Å². The fourth-order valence-electron chi connectivity index (χ4n) is 1.43. The standard InChI is InChI=1S/C12H19BrN2/c1-8(2)12(7-14)15-11-5-4-9(3)6-10(11)13/h4-6,8,12,15H,7,14H2,1-3H3. The second-order valence-corrected chi connectivity index (χ2v) is 5.07. The molecule has 0 aliphatic carbocycles. The molecule has 1 aromatic carbocycles. The smallest absolute Gasteiger partial charge is 0.0487 e. The number of nitrogens with one attached hydrogen (secondary N) is 1. The third-order valence-corrected chi connectivity index (χ3v) is 3.18. The first-order chi connectivity index (χ1) is 7.04. The second-order valence-electron chi connectivity index (χ2n) is 4.21. The fourth-order valence-corrected chi connectivity index (χ4v) is 2.04. The Bertz CT molecular complexity index is 323. The Morgan fingerprint density at radius 3 is 2.53 bits per heavy atom. The van der Waals surface area contributed by atoms with Crippen LogP contribution < -0.4 is 11.1 Å². The summed E-state index contributed by atoms with van der Waals surface area (Å²) in [5.74, 6) is 0.531. The highest BCUT2D eigenvalue weighted by atomic mass is 79.9. The van der Waals surface area contributed by atoms with E-state index in [-0.39, 0.29) is 0 Å². The summed E-state index contributed by atoms with van der Waals surface area (Å²) in [6.45, 7) is 7.08. The number of halogens is 1. The van der Waals surface area contributed by atoms with Crippen LogP contribution in [0.25, 0.3) is 0 Å². The molecule has 0 fully saturated rings. The van der Waals surface area contributed by atoms with Gasteiger partial charge >= 0.3 is 0 Å². The molecule has 0 heterocycles. The van der Waals surface area contributed by atoms with Crippen molar-refractivity contribution in [3.8, 4) is 0 Å². The molecule has 0 bridgehead atoms. The van der Waals surface area contributed by atoms with Gasteiger partial charge in [-0.05, 0) is 46.5 Å². The lowest BCUT2D eigenvalue weighted by Gasteiger charge is -2.22. The van der Waals surface area contributed by atoms with Crippen molar-refractivity contribution in [1.29, 1.82) is 0 Å². The van der Waals surface area contributed by atoms with Crippen molar-refractivity contribution in [3.05, 3.63) is 28.2 Å². The first-order valence-electron chi connectivity index (χ1n) is 5.27. The summed E-state index contributed by atoms with van der Waals surface area (Å²) in [6, 6.07) is 6.62. The van der Waals surface area contributed by atoms with Crippen LogP contribution in [0.4, 0.5) is 5.69 Å². The van der Waals surface area contributed by atoms with Gasteiger partial charge in [0.2, 0.25) is 0 Å². The summed E-state index contributed by atoms with van der Waals surface area (Å²) in [4.78, 5) is 0. The molecule has 1 atom stereocenters. The number of rotatable bonds is 4. The van der Waals surface area contributed by atoms with E-state index in [0.717, 1.165) is 10.2 Å². The molecule has 1 unspecified atom stereocenters. The molecule has 3 heteroatoms. The maximum atomic E-state index is 5.72. The van der Waals surface area contributed by atoms with Crippen LogP contribution in [-0.2, 0) is 0 Å². The number of hydrogen-bond acceptors (Lipinski definition) is 2. The van der Waals surface area contributed by atoms with E-state index in [9.17, 15) is 0 Å². The highest BCUT2D eigenvalue weighted by molar-refractivity contribution is 9.10. The monoisotopic (exact) mass is 270 g/mol. The molecule has 0 spiro atoms. The molecular formula is C12H19BrN2. The zero-order valence-corrected chi connectivity index (χ0v) is 11.1. The maximum absolute atomic E-state index is 5.72. The molecule has 0 saturated carbocycles. The molecule has 0 saturated heterocycles. The predicted octanol–water partition coefficient (Wildman–Crippen LogP) is 3.15. The average Bonchev–Trinajstić information content (AvgIpc) is 2.16. The molecular weight excluding hydrogens is 252 g/mol. The summed E-state index contributed by atoms with van der Waals surface area (Å²) in [5.41, 5.74) is 8.09. The molecule has 3 N–H and O–H groups in total. The normalized spacial score (nSPS) is 12.9. The Labute approximate surface area is 100 Å². The topological polar surface area (TPSA) is 38.0 Å². The molecule has 84 valence electrons. The van der Waals surface area contributed by atoms with Gasteiger partial charge in [-0.3, -0.25) is 0 Å². The van der Waals surface area contributed by atoms with E-state index in [1.807, 2.05) is 0 Å². The van der Waals surface area contributed by atoms with E-state index in [1.165, 1.54) is 5.56 Å². The van der Waals surface area contributed by atoms with Gasteiger partial charge in [-0.1, -0.05) is 19.9 Å². The summed E-state index contributed by atoms with van der Waals surface area (Å²) in [7, 11) is 0. The Morgan fingerprint density at radius 2 is 2.07 bits per heavy atom. The molecule has 2 nitrogen and oxygen atoms in total. The van der Waals surface area contributed by atoms with E-state index in [2.05, 4.69) is 60.2 Å². The SMILES string of the molecule is Cc1ccc(NC(CN)C(C)C)c(Br)c1. The van der Waals surface area contributed by atoms with E-state index >= 15 is 0 Å². The van der Waals surface area contributed by atoms with E-state index in [4.69, 9.17) is 5.73 Å². The highest BCUT2D eigenvalue weighted by Gasteiger charge is 2.12. The molecule has 0 amide bonds. The third kappa shape index (κ3) is 3.50. The lowest BCUT2D eigenvalue weighted by molar-refractivity contribution is 0.531. The largest absolute Gasteiger partial charge is 0.380 e. The van der Waals surface area contributed by atoms with Crippen LogP contribution in [0.5, 0.6) is 0 Å². The van der Waals surface area contributed by atoms with Gasteiger partial charge in [0, 0.05) is 22.7 Å². The quantitative estimate of drug-likeness (QED) is 0.882. The minimum absolute atomic E-state index is 0.323. The summed E-state index contributed by atoms with van der Waals surface area (Å²) in [5, 5.41) is 3.45. The Kier molecular flexibility index (Phi) is 4.61. The van der Waals surface area contributed by atoms with Gasteiger partial charge in [-0.15, -0.1) is 0 Å². The zero-order valence-electron chi connectivity index (χ0n) is 9.55. The van der Waals surface area contributed by atoms with Crippen molar-refractivity contribution in [2.75, 3.05) is 11.9 Å². The number of anilines is 1. The van der Waals surface area contributed by atoms with Gasteiger partial charge in [0.05, 0.1) is 0 Å². The van der Waals surface area contributed by atoms with Gasteiger partial charge in [-0.2, -0.15) is 0 Å². The molecule has 15 heavy (non-hydrogen) atoms. The van der Waals surface area contributed by atoms with Gasteiger partial charge in [0.1, 0.15) is 0 Å². The van der Waals surface area contributed by atoms with Gasteiger partial charge in [0.25, 0.3) is 0 Å². The van der Waals surface area contributed by atoms with Crippen molar-refractivity contribution in [2.24, 2.45) is 11.7 Å². The van der Waals surface area contributed by atoms with Crippen LogP contribution in [0.2, 0.25) is 0 Å². The molecule has 1 aromatic rings. The van der Waals surface area contributed by atoms with Crippen molar-refractivity contribution in [1.82, 2.24) is 0 Å². The molecule has 1 rings (SSSR count). The summed E-state index contributed by atoms with van der Waals surface area (Å²) < 4.78 is 1.10. The van der Waals surface area contributed by atoms with Crippen molar-refractivity contribution < 1.29 is 0 Å². The summed E-state index contributed by atoms with van der Waals surface area (Å²) in [6.07, 6.45) is 0. The van der Waals surface area contributed by atoms with Crippen molar-refractivity contribution in [3.63, 3.8) is 0 Å². The number of aryl methyl sites for hydroxylation is 1. The average molecular weight is 271 g/mol. The second kappa shape index (κ2) is 5.52. The van der Waals surface area contributed by atoms with Gasteiger partial charge in [0.15, 0.2) is 0 Å². The highest BCUT2D eigenvalue weighted by Crippen LogP contribution is 2.24. The van der Waals surface area contributed by atoms with Gasteiger partial charge < -0.3 is 11.1 Å². The van der Waals surface area contributed by atoms with Crippen LogP contribution in [-0.4, -0.2) is 12.6 Å². The minimum atomic E-state index is 0.323. The number of benzene rings is 1. The van der Waals surface area contributed by atoms with E-state index in [1.54, 1.807) is 0 Å².